The number of nitrogens with zero attached hydrogens (tertiary/aromatic N) is 1. The number of hydrogen-bond donors (Lipinski definition) is 0. The van der Waals surface area contributed by atoms with Crippen molar-refractivity contribution >= 4 is 17.4 Å². The lowest BCUT2D eigenvalue weighted by atomic mass is 9.54. The molecule has 3 nitrogen and oxygen atoms in total. The molecule has 3 fully saturated rings. The maximum Gasteiger partial charge on any atom is 0.233 e. The lowest BCUT2D eigenvalue weighted by molar-refractivity contribution is -0.139. The van der Waals surface area contributed by atoms with Gasteiger partial charge in [0, 0.05) is 7.05 Å². The number of amides is 2. The van der Waals surface area contributed by atoms with Gasteiger partial charge in [-0.05, 0) is 53.7 Å². The fraction of sp³-hybridized carbons (Fsp3) is 0.429. The van der Waals surface area contributed by atoms with E-state index in [-0.39, 0.29) is 23.7 Å². The molecular formula is C21H21NO2. The third-order valence-electron chi connectivity index (χ3n) is 6.90. The molecule has 0 aromatic heterocycles. The molecule has 1 aromatic rings. The molecule has 0 radical (unpaired) electrons. The summed E-state index contributed by atoms with van der Waals surface area (Å²) < 4.78 is 0. The van der Waals surface area contributed by atoms with Crippen LogP contribution in [0.3, 0.4) is 0 Å². The van der Waals surface area contributed by atoms with Crippen LogP contribution in [0.1, 0.15) is 18.9 Å². The highest BCUT2D eigenvalue weighted by Crippen LogP contribution is 2.71. The van der Waals surface area contributed by atoms with Crippen LogP contribution in [-0.2, 0) is 9.59 Å². The fourth-order valence-corrected chi connectivity index (χ4v) is 6.17. The van der Waals surface area contributed by atoms with Crippen molar-refractivity contribution in [3.8, 4) is 0 Å². The van der Waals surface area contributed by atoms with Crippen LogP contribution in [0.25, 0.3) is 5.57 Å². The standard InChI is InChI=1S/C21H21NO2/c1-10(2)14-15(11-7-5-4-6-8-11)17-13-9-12(16(14)17)18-19(13)21(24)22(3)20(18)23/h4-8,12-13,16-19H,1,9H2,2-3H3/t12-,13+,16-,17+,18+,19-/m1/s1. The summed E-state index contributed by atoms with van der Waals surface area (Å²) in [6.07, 6.45) is 1.02. The first kappa shape index (κ1) is 14.2. The third-order valence-corrected chi connectivity index (χ3v) is 6.90. The predicted octanol–water partition coefficient (Wildman–Crippen LogP) is 3.14. The Bertz CT molecular complexity index is 822. The van der Waals surface area contributed by atoms with E-state index >= 15 is 0 Å². The van der Waals surface area contributed by atoms with E-state index in [0.717, 1.165) is 12.0 Å². The molecular weight excluding hydrogens is 298 g/mol. The summed E-state index contributed by atoms with van der Waals surface area (Å²) in [6.45, 7) is 6.29. The van der Waals surface area contributed by atoms with Crippen LogP contribution < -0.4 is 0 Å². The minimum absolute atomic E-state index is 0.0465. The highest BCUT2D eigenvalue weighted by Gasteiger charge is 2.70. The van der Waals surface area contributed by atoms with Crippen molar-refractivity contribution in [3.63, 3.8) is 0 Å². The van der Waals surface area contributed by atoms with E-state index in [1.165, 1.54) is 21.6 Å². The number of likely N-dealkylation sites (tertiary alicyclic amines) is 1. The molecule has 1 saturated heterocycles. The predicted molar refractivity (Wildman–Crippen MR) is 91.5 cm³/mol. The van der Waals surface area contributed by atoms with Gasteiger partial charge >= 0.3 is 0 Å². The molecule has 122 valence electrons. The van der Waals surface area contributed by atoms with Gasteiger partial charge < -0.3 is 0 Å². The number of carbonyl (C=O) groups is 2. The molecule has 1 aliphatic heterocycles. The minimum Gasteiger partial charge on any atom is -0.285 e. The van der Waals surface area contributed by atoms with Crippen molar-refractivity contribution in [3.05, 3.63) is 53.6 Å². The monoisotopic (exact) mass is 319 g/mol. The molecule has 6 atom stereocenters. The largest absolute Gasteiger partial charge is 0.285 e. The van der Waals surface area contributed by atoms with Gasteiger partial charge in [0.25, 0.3) is 0 Å². The molecule has 2 amide bonds. The Morgan fingerprint density at radius 1 is 1.00 bits per heavy atom. The Hall–Kier alpha value is -2.16. The molecule has 5 rings (SSSR count). The van der Waals surface area contributed by atoms with Gasteiger partial charge in [0.2, 0.25) is 11.8 Å². The molecule has 4 aliphatic rings. The normalized spacial score (nSPS) is 39.2. The Balaban J connectivity index is 1.63. The summed E-state index contributed by atoms with van der Waals surface area (Å²) in [5.74, 6) is 1.42. The Labute approximate surface area is 142 Å². The van der Waals surface area contributed by atoms with Crippen LogP contribution in [-0.4, -0.2) is 23.8 Å². The average Bonchev–Trinajstić information content (AvgIpc) is 3.12. The van der Waals surface area contributed by atoms with Gasteiger partial charge in [-0.2, -0.15) is 0 Å². The molecule has 0 unspecified atom stereocenters. The molecule has 1 heterocycles. The number of rotatable bonds is 2. The smallest absolute Gasteiger partial charge is 0.233 e. The summed E-state index contributed by atoms with van der Waals surface area (Å²) >= 11 is 0. The van der Waals surface area contributed by atoms with E-state index in [2.05, 4.69) is 37.8 Å². The van der Waals surface area contributed by atoms with E-state index < -0.39 is 0 Å². The van der Waals surface area contributed by atoms with Gasteiger partial charge in [0.1, 0.15) is 0 Å². The molecule has 3 heteroatoms. The number of allylic oxidation sites excluding steroid dienone is 3. The highest BCUT2D eigenvalue weighted by atomic mass is 16.2. The molecule has 2 bridgehead atoms. The van der Waals surface area contributed by atoms with Crippen molar-refractivity contribution in [1.82, 2.24) is 4.90 Å². The second-order valence-electron chi connectivity index (χ2n) is 7.88. The number of hydrogen-bond acceptors (Lipinski definition) is 2. The van der Waals surface area contributed by atoms with E-state index in [1.807, 2.05) is 6.07 Å². The van der Waals surface area contributed by atoms with E-state index in [0.29, 0.717) is 23.7 Å². The van der Waals surface area contributed by atoms with Gasteiger partial charge in [0.05, 0.1) is 11.8 Å². The first-order chi connectivity index (χ1) is 11.5. The lowest BCUT2D eigenvalue weighted by Gasteiger charge is -2.48. The van der Waals surface area contributed by atoms with Gasteiger partial charge in [0.15, 0.2) is 0 Å². The summed E-state index contributed by atoms with van der Waals surface area (Å²) in [4.78, 5) is 26.5. The number of benzene rings is 1. The van der Waals surface area contributed by atoms with Gasteiger partial charge in [-0.3, -0.25) is 14.5 Å². The zero-order chi connectivity index (χ0) is 16.7. The zero-order valence-electron chi connectivity index (χ0n) is 14.0. The van der Waals surface area contributed by atoms with Crippen molar-refractivity contribution in [2.45, 2.75) is 13.3 Å². The Kier molecular flexibility index (Phi) is 2.65. The number of carbonyl (C=O) groups excluding carboxylic acids is 2. The quantitative estimate of drug-likeness (QED) is 0.785. The van der Waals surface area contributed by atoms with E-state index in [4.69, 9.17) is 0 Å². The highest BCUT2D eigenvalue weighted by molar-refractivity contribution is 6.06. The van der Waals surface area contributed by atoms with Gasteiger partial charge in [-0.1, -0.05) is 42.5 Å². The second kappa shape index (κ2) is 4.47. The summed E-state index contributed by atoms with van der Waals surface area (Å²) in [6, 6.07) is 10.5. The molecule has 3 aliphatic carbocycles. The molecule has 24 heavy (non-hydrogen) atoms. The average molecular weight is 319 g/mol. The van der Waals surface area contributed by atoms with Crippen LogP contribution in [0.2, 0.25) is 0 Å². The molecule has 0 spiro atoms. The second-order valence-corrected chi connectivity index (χ2v) is 7.88. The van der Waals surface area contributed by atoms with Crippen LogP contribution >= 0.6 is 0 Å². The zero-order valence-corrected chi connectivity index (χ0v) is 14.0. The van der Waals surface area contributed by atoms with Crippen LogP contribution in [0.4, 0.5) is 0 Å². The third kappa shape index (κ3) is 1.44. The maximum absolute atomic E-state index is 12.6. The summed E-state index contributed by atoms with van der Waals surface area (Å²) in [5, 5.41) is 0. The fourth-order valence-electron chi connectivity index (χ4n) is 6.17. The number of imide groups is 1. The van der Waals surface area contributed by atoms with Crippen LogP contribution in [0.15, 0.2) is 48.1 Å². The first-order valence-electron chi connectivity index (χ1n) is 8.79. The maximum atomic E-state index is 12.6. The van der Waals surface area contributed by atoms with E-state index in [1.54, 1.807) is 7.05 Å². The topological polar surface area (TPSA) is 37.4 Å². The van der Waals surface area contributed by atoms with Crippen molar-refractivity contribution in [2.24, 2.45) is 35.5 Å². The molecule has 2 saturated carbocycles. The molecule has 1 aromatic carbocycles. The first-order valence-corrected chi connectivity index (χ1v) is 8.79. The van der Waals surface area contributed by atoms with Gasteiger partial charge in [-0.15, -0.1) is 0 Å². The Morgan fingerprint density at radius 2 is 1.58 bits per heavy atom. The van der Waals surface area contributed by atoms with E-state index in [9.17, 15) is 9.59 Å². The van der Waals surface area contributed by atoms with Crippen molar-refractivity contribution < 1.29 is 9.59 Å². The SMILES string of the molecule is C=C(C)C1=C(c2ccccc2)[C@@H]2[C@@H]3C[C@@H]([C@@H]4C(=O)N(C)C(=O)[C@H]34)[C@H]12. The molecule has 0 N–H and O–H groups in total. The van der Waals surface area contributed by atoms with Crippen molar-refractivity contribution in [1.29, 1.82) is 0 Å². The van der Waals surface area contributed by atoms with Crippen LogP contribution in [0, 0.1) is 35.5 Å². The summed E-state index contributed by atoms with van der Waals surface area (Å²) in [7, 11) is 1.65. The Morgan fingerprint density at radius 3 is 2.17 bits per heavy atom. The number of fused-ring (bicyclic) bond motifs is 8. The van der Waals surface area contributed by atoms with Crippen molar-refractivity contribution in [2.75, 3.05) is 7.05 Å². The van der Waals surface area contributed by atoms with Crippen LogP contribution in [0.5, 0.6) is 0 Å². The lowest BCUT2D eigenvalue weighted by Crippen LogP contribution is -2.43. The minimum atomic E-state index is -0.0841. The van der Waals surface area contributed by atoms with Gasteiger partial charge in [-0.25, -0.2) is 0 Å². The summed E-state index contributed by atoms with van der Waals surface area (Å²) in [5.41, 5.74) is 5.11.